The van der Waals surface area contributed by atoms with Gasteiger partial charge < -0.3 is 25.0 Å². The lowest BCUT2D eigenvalue weighted by molar-refractivity contribution is 0.0697. The number of amides is 2. The van der Waals surface area contributed by atoms with Crippen LogP contribution in [0.25, 0.3) is 0 Å². The second-order valence-electron chi connectivity index (χ2n) is 4.02. The number of carboxylic acid groups (broad SMARTS) is 1. The van der Waals surface area contributed by atoms with Crippen LogP contribution in [-0.4, -0.2) is 29.4 Å². The quantitative estimate of drug-likeness (QED) is 0.772. The molecule has 1 heterocycles. The summed E-state index contributed by atoms with van der Waals surface area (Å²) in [5.74, 6) is -0.736. The number of aromatic carboxylic acids is 1. The number of nitrogens with zero attached hydrogens (tertiary/aromatic N) is 1. The van der Waals surface area contributed by atoms with Crippen molar-refractivity contribution in [3.8, 4) is 5.75 Å². The van der Waals surface area contributed by atoms with Gasteiger partial charge in [-0.3, -0.25) is 0 Å². The molecule has 0 aliphatic rings. The van der Waals surface area contributed by atoms with Gasteiger partial charge in [0.1, 0.15) is 17.7 Å². The Labute approximate surface area is 119 Å². The molecule has 1 aromatic heterocycles. The van der Waals surface area contributed by atoms with Crippen molar-refractivity contribution in [3.05, 3.63) is 41.8 Å². The van der Waals surface area contributed by atoms with E-state index in [0.717, 1.165) is 0 Å². The molecule has 2 amide bonds. The maximum Gasteiger partial charge on any atom is 0.335 e. The third-order valence-electron chi connectivity index (χ3n) is 2.62. The van der Waals surface area contributed by atoms with Crippen molar-refractivity contribution in [1.82, 2.24) is 10.5 Å². The Balaban J connectivity index is 2.04. The smallest absolute Gasteiger partial charge is 0.335 e. The highest BCUT2D eigenvalue weighted by Gasteiger charge is 2.11. The maximum absolute atomic E-state index is 11.8. The van der Waals surface area contributed by atoms with E-state index in [-0.39, 0.29) is 17.8 Å². The fourth-order valence-corrected chi connectivity index (χ4v) is 1.60. The van der Waals surface area contributed by atoms with Crippen LogP contribution in [0, 0.1) is 0 Å². The zero-order valence-corrected chi connectivity index (χ0v) is 11.1. The molecular formula is C13H13N3O5. The van der Waals surface area contributed by atoms with Gasteiger partial charge in [-0.25, -0.2) is 9.59 Å². The molecule has 8 heteroatoms. The molecular weight excluding hydrogens is 278 g/mol. The number of hydrogen-bond donors (Lipinski definition) is 3. The van der Waals surface area contributed by atoms with Gasteiger partial charge in [-0.05, 0) is 18.2 Å². The van der Waals surface area contributed by atoms with Crippen LogP contribution in [0.4, 0.5) is 10.5 Å². The average Bonchev–Trinajstić information content (AvgIpc) is 2.98. The number of carbonyl (C=O) groups excluding carboxylic acids is 1. The number of rotatable bonds is 5. The zero-order valence-electron chi connectivity index (χ0n) is 11.1. The number of ether oxygens (including phenoxy) is 1. The van der Waals surface area contributed by atoms with Gasteiger partial charge in [-0.2, -0.15) is 0 Å². The van der Waals surface area contributed by atoms with Gasteiger partial charge in [0.25, 0.3) is 0 Å². The first kappa shape index (κ1) is 14.4. The van der Waals surface area contributed by atoms with Gasteiger partial charge in [0, 0.05) is 6.07 Å². The molecule has 2 rings (SSSR count). The Bertz CT molecular complexity index is 639. The third-order valence-corrected chi connectivity index (χ3v) is 2.62. The highest BCUT2D eigenvalue weighted by atomic mass is 16.5. The molecule has 1 aromatic carbocycles. The van der Waals surface area contributed by atoms with E-state index in [0.29, 0.717) is 11.4 Å². The lowest BCUT2D eigenvalue weighted by Gasteiger charge is -2.11. The summed E-state index contributed by atoms with van der Waals surface area (Å²) >= 11 is 0. The zero-order chi connectivity index (χ0) is 15.2. The summed E-state index contributed by atoms with van der Waals surface area (Å²) in [7, 11) is 1.42. The van der Waals surface area contributed by atoms with Gasteiger partial charge in [-0.15, -0.1) is 0 Å². The van der Waals surface area contributed by atoms with E-state index < -0.39 is 12.0 Å². The molecule has 0 atom stereocenters. The SMILES string of the molecule is COc1ccc(C(=O)O)cc1NC(=O)NCc1ccon1. The normalized spacial score (nSPS) is 9.95. The highest BCUT2D eigenvalue weighted by molar-refractivity contribution is 5.94. The second-order valence-corrected chi connectivity index (χ2v) is 4.02. The highest BCUT2D eigenvalue weighted by Crippen LogP contribution is 2.25. The molecule has 8 nitrogen and oxygen atoms in total. The minimum absolute atomic E-state index is 0.0441. The number of nitrogens with one attached hydrogen (secondary N) is 2. The van der Waals surface area contributed by atoms with Gasteiger partial charge in [0.05, 0.1) is 24.9 Å². The monoisotopic (exact) mass is 291 g/mol. The van der Waals surface area contributed by atoms with Gasteiger partial charge in [0.2, 0.25) is 0 Å². The van der Waals surface area contributed by atoms with E-state index in [1.165, 1.54) is 31.6 Å². The van der Waals surface area contributed by atoms with Crippen LogP contribution in [-0.2, 0) is 6.54 Å². The van der Waals surface area contributed by atoms with Crippen molar-refractivity contribution in [2.24, 2.45) is 0 Å². The Hall–Kier alpha value is -3.03. The van der Waals surface area contributed by atoms with Crippen molar-refractivity contribution in [1.29, 1.82) is 0 Å². The lowest BCUT2D eigenvalue weighted by Crippen LogP contribution is -2.28. The van der Waals surface area contributed by atoms with Crippen LogP contribution in [0.3, 0.4) is 0 Å². The van der Waals surface area contributed by atoms with Crippen LogP contribution in [0.5, 0.6) is 5.75 Å². The number of aromatic nitrogens is 1. The maximum atomic E-state index is 11.8. The lowest BCUT2D eigenvalue weighted by atomic mass is 10.2. The predicted molar refractivity (Wildman–Crippen MR) is 72.3 cm³/mol. The summed E-state index contributed by atoms with van der Waals surface area (Å²) in [5, 5.41) is 17.7. The predicted octanol–water partition coefficient (Wildman–Crippen LogP) is 1.70. The summed E-state index contributed by atoms with van der Waals surface area (Å²) in [5.41, 5.74) is 0.869. The van der Waals surface area contributed by atoms with Crippen molar-refractivity contribution in [2.45, 2.75) is 6.54 Å². The largest absolute Gasteiger partial charge is 0.495 e. The number of carboxylic acids is 1. The number of benzene rings is 1. The first-order valence-electron chi connectivity index (χ1n) is 5.95. The summed E-state index contributed by atoms with van der Waals surface area (Å²) < 4.78 is 9.71. The fourth-order valence-electron chi connectivity index (χ4n) is 1.60. The van der Waals surface area contributed by atoms with Crippen LogP contribution in [0.1, 0.15) is 16.1 Å². The molecule has 0 saturated carbocycles. The molecule has 0 unspecified atom stereocenters. The average molecular weight is 291 g/mol. The summed E-state index contributed by atoms with van der Waals surface area (Å²) in [4.78, 5) is 22.7. The molecule has 0 spiro atoms. The fraction of sp³-hybridized carbons (Fsp3) is 0.154. The summed E-state index contributed by atoms with van der Waals surface area (Å²) in [6.07, 6.45) is 1.40. The number of hydrogen-bond acceptors (Lipinski definition) is 5. The molecule has 110 valence electrons. The number of methoxy groups -OCH3 is 1. The van der Waals surface area contributed by atoms with E-state index in [4.69, 9.17) is 9.84 Å². The summed E-state index contributed by atoms with van der Waals surface area (Å²) in [6, 6.07) is 5.28. The Morgan fingerprint density at radius 3 is 2.81 bits per heavy atom. The molecule has 3 N–H and O–H groups in total. The molecule has 21 heavy (non-hydrogen) atoms. The van der Waals surface area contributed by atoms with Crippen molar-refractivity contribution >= 4 is 17.7 Å². The molecule has 2 aromatic rings. The first-order chi connectivity index (χ1) is 10.1. The Kier molecular flexibility index (Phi) is 4.39. The van der Waals surface area contributed by atoms with Crippen LogP contribution >= 0.6 is 0 Å². The Morgan fingerprint density at radius 2 is 2.19 bits per heavy atom. The van der Waals surface area contributed by atoms with Crippen LogP contribution in [0.2, 0.25) is 0 Å². The minimum atomic E-state index is -1.09. The van der Waals surface area contributed by atoms with Crippen LogP contribution < -0.4 is 15.4 Å². The number of anilines is 1. The topological polar surface area (TPSA) is 114 Å². The van der Waals surface area contributed by atoms with E-state index >= 15 is 0 Å². The Morgan fingerprint density at radius 1 is 1.38 bits per heavy atom. The second kappa shape index (κ2) is 6.42. The van der Waals surface area contributed by atoms with E-state index in [9.17, 15) is 9.59 Å². The van der Waals surface area contributed by atoms with Crippen molar-refractivity contribution < 1.29 is 24.0 Å². The molecule has 0 aliphatic heterocycles. The van der Waals surface area contributed by atoms with Crippen molar-refractivity contribution in [2.75, 3.05) is 12.4 Å². The molecule has 0 bridgehead atoms. The minimum Gasteiger partial charge on any atom is -0.495 e. The van der Waals surface area contributed by atoms with E-state index in [1.807, 2.05) is 0 Å². The molecule has 0 aliphatic carbocycles. The van der Waals surface area contributed by atoms with Gasteiger partial charge in [-0.1, -0.05) is 5.16 Å². The van der Waals surface area contributed by atoms with Crippen molar-refractivity contribution in [3.63, 3.8) is 0 Å². The van der Waals surface area contributed by atoms with E-state index in [1.54, 1.807) is 6.07 Å². The standard InChI is InChI=1S/C13H13N3O5/c1-20-11-3-2-8(12(17)18)6-10(11)15-13(19)14-7-9-4-5-21-16-9/h2-6H,7H2,1H3,(H,17,18)(H2,14,15,19). The number of urea groups is 1. The first-order valence-corrected chi connectivity index (χ1v) is 5.95. The molecule has 0 radical (unpaired) electrons. The molecule has 0 saturated heterocycles. The summed E-state index contributed by atoms with van der Waals surface area (Å²) in [6.45, 7) is 0.184. The van der Waals surface area contributed by atoms with E-state index in [2.05, 4.69) is 20.3 Å². The molecule has 0 fully saturated rings. The number of carbonyl (C=O) groups is 2. The van der Waals surface area contributed by atoms with Gasteiger partial charge >= 0.3 is 12.0 Å². The van der Waals surface area contributed by atoms with Gasteiger partial charge in [0.15, 0.2) is 0 Å². The third kappa shape index (κ3) is 3.72. The van der Waals surface area contributed by atoms with Crippen LogP contribution in [0.15, 0.2) is 35.1 Å².